The van der Waals surface area contributed by atoms with Crippen LogP contribution >= 0.6 is 0 Å². The van der Waals surface area contributed by atoms with E-state index < -0.39 is 0 Å². The Morgan fingerprint density at radius 2 is 1.50 bits per heavy atom. The van der Waals surface area contributed by atoms with Gasteiger partial charge in [-0.3, -0.25) is 4.39 Å². The number of halogens is 1. The van der Waals surface area contributed by atoms with E-state index in [2.05, 4.69) is 0 Å². The first kappa shape index (κ1) is 12.0. The average Bonchev–Trinajstić information content (AvgIpc) is 2.21. The maximum Gasteiger partial charge on any atom is 0.457 e. The van der Waals surface area contributed by atoms with Crippen LogP contribution in [0.3, 0.4) is 0 Å². The van der Waals surface area contributed by atoms with E-state index in [9.17, 15) is 4.39 Å². The minimum Gasteiger partial charge on any atom is -0.403 e. The number of unbranched alkanes of at least 4 members (excludes halogenated alkanes) is 1. The monoisotopic (exact) mass is 202 g/mol. The zero-order valence-corrected chi connectivity index (χ0v) is 9.60. The predicted octanol–water partition coefficient (Wildman–Crippen LogP) is 2.83. The molecule has 1 rings (SSSR count). The molecule has 1 fully saturated rings. The van der Waals surface area contributed by atoms with Gasteiger partial charge in [0.25, 0.3) is 0 Å². The second-order valence-corrected chi connectivity index (χ2v) is 4.87. The topological polar surface area (TPSA) is 18.5 Å². The highest BCUT2D eigenvalue weighted by Crippen LogP contribution is 2.37. The third kappa shape index (κ3) is 2.48. The van der Waals surface area contributed by atoms with Crippen molar-refractivity contribution in [1.29, 1.82) is 0 Å². The molecule has 4 heteroatoms. The zero-order valence-electron chi connectivity index (χ0n) is 9.60. The lowest BCUT2D eigenvalue weighted by Gasteiger charge is -2.32. The van der Waals surface area contributed by atoms with Crippen molar-refractivity contribution in [2.45, 2.75) is 58.1 Å². The molecule has 0 bridgehead atoms. The maximum absolute atomic E-state index is 11.9. The minimum atomic E-state index is -0.257. The first-order chi connectivity index (χ1) is 6.39. The van der Waals surface area contributed by atoms with Crippen molar-refractivity contribution in [2.75, 3.05) is 6.67 Å². The average molecular weight is 202 g/mol. The molecule has 0 spiro atoms. The largest absolute Gasteiger partial charge is 0.457 e. The Kier molecular flexibility index (Phi) is 3.59. The molecular weight excluding hydrogens is 182 g/mol. The van der Waals surface area contributed by atoms with Crippen molar-refractivity contribution >= 4 is 7.12 Å². The summed E-state index contributed by atoms with van der Waals surface area (Å²) in [6.45, 7) is 7.87. The Bertz CT molecular complexity index is 179. The van der Waals surface area contributed by atoms with Crippen LogP contribution in [0.15, 0.2) is 0 Å². The van der Waals surface area contributed by atoms with Gasteiger partial charge in [0.2, 0.25) is 0 Å². The van der Waals surface area contributed by atoms with E-state index in [1.54, 1.807) is 0 Å². The highest BCUT2D eigenvalue weighted by molar-refractivity contribution is 6.45. The van der Waals surface area contributed by atoms with Crippen LogP contribution in [0.25, 0.3) is 0 Å². The Morgan fingerprint density at radius 1 is 1.00 bits per heavy atom. The van der Waals surface area contributed by atoms with Crippen LogP contribution in [0.4, 0.5) is 4.39 Å². The molecule has 1 saturated heterocycles. The summed E-state index contributed by atoms with van der Waals surface area (Å²) in [5, 5.41) is 0. The molecule has 0 aliphatic carbocycles. The van der Waals surface area contributed by atoms with E-state index in [0.717, 1.165) is 12.7 Å². The summed E-state index contributed by atoms with van der Waals surface area (Å²) in [4.78, 5) is 0. The van der Waals surface area contributed by atoms with Crippen LogP contribution < -0.4 is 0 Å². The Labute approximate surface area is 86.3 Å². The van der Waals surface area contributed by atoms with Gasteiger partial charge in [0.15, 0.2) is 0 Å². The summed E-state index contributed by atoms with van der Waals surface area (Å²) >= 11 is 0. The lowest BCUT2D eigenvalue weighted by atomic mass is 9.82. The van der Waals surface area contributed by atoms with Gasteiger partial charge in [-0.05, 0) is 40.4 Å². The molecule has 0 atom stereocenters. The number of hydrogen-bond acceptors (Lipinski definition) is 2. The van der Waals surface area contributed by atoms with Gasteiger partial charge in [-0.25, -0.2) is 0 Å². The summed E-state index contributed by atoms with van der Waals surface area (Å²) in [5.41, 5.74) is -0.513. The van der Waals surface area contributed by atoms with Crippen LogP contribution in [0.2, 0.25) is 6.32 Å². The lowest BCUT2D eigenvalue weighted by Crippen LogP contribution is -2.41. The van der Waals surface area contributed by atoms with E-state index in [1.165, 1.54) is 0 Å². The standard InChI is InChI=1S/C10H20BFO2/c1-9(2)10(3,4)14-11(13-9)7-5-6-8-12/h5-8H2,1-4H3. The second kappa shape index (κ2) is 4.19. The van der Waals surface area contributed by atoms with Crippen molar-refractivity contribution in [2.24, 2.45) is 0 Å². The minimum absolute atomic E-state index is 0.161. The molecule has 1 aliphatic rings. The van der Waals surface area contributed by atoms with E-state index in [0.29, 0.717) is 6.42 Å². The van der Waals surface area contributed by atoms with Crippen molar-refractivity contribution in [3.05, 3.63) is 0 Å². The van der Waals surface area contributed by atoms with Gasteiger partial charge in [0.05, 0.1) is 17.9 Å². The Hall–Kier alpha value is -0.0851. The van der Waals surface area contributed by atoms with Gasteiger partial charge < -0.3 is 9.31 Å². The van der Waals surface area contributed by atoms with Crippen LogP contribution in [0.1, 0.15) is 40.5 Å². The zero-order chi connectivity index (χ0) is 10.8. The van der Waals surface area contributed by atoms with Crippen LogP contribution in [0, 0.1) is 0 Å². The predicted molar refractivity (Wildman–Crippen MR) is 56.1 cm³/mol. The fraction of sp³-hybridized carbons (Fsp3) is 1.00. The molecular formula is C10H20BFO2. The first-order valence-corrected chi connectivity index (χ1v) is 5.31. The Morgan fingerprint density at radius 3 is 1.93 bits per heavy atom. The molecule has 82 valence electrons. The van der Waals surface area contributed by atoms with Crippen molar-refractivity contribution in [3.8, 4) is 0 Å². The van der Waals surface area contributed by atoms with Crippen LogP contribution in [-0.2, 0) is 9.31 Å². The maximum atomic E-state index is 11.9. The van der Waals surface area contributed by atoms with Crippen LogP contribution in [0.5, 0.6) is 0 Å². The smallest absolute Gasteiger partial charge is 0.403 e. The van der Waals surface area contributed by atoms with Crippen molar-refractivity contribution < 1.29 is 13.7 Å². The normalized spacial score (nSPS) is 24.2. The van der Waals surface area contributed by atoms with E-state index in [-0.39, 0.29) is 25.0 Å². The molecule has 0 amide bonds. The SMILES string of the molecule is CC1(C)OB(CCCCF)OC1(C)C. The Balaban J connectivity index is 2.39. The summed E-state index contributed by atoms with van der Waals surface area (Å²) in [7, 11) is -0.161. The lowest BCUT2D eigenvalue weighted by molar-refractivity contribution is 0.00578. The van der Waals surface area contributed by atoms with Gasteiger partial charge >= 0.3 is 7.12 Å². The van der Waals surface area contributed by atoms with Gasteiger partial charge in [0, 0.05) is 0 Å². The van der Waals surface area contributed by atoms with Gasteiger partial charge in [-0.15, -0.1) is 0 Å². The molecule has 0 N–H and O–H groups in total. The molecule has 0 aromatic rings. The van der Waals surface area contributed by atoms with E-state index in [4.69, 9.17) is 9.31 Å². The second-order valence-electron chi connectivity index (χ2n) is 4.87. The molecule has 0 unspecified atom stereocenters. The highest BCUT2D eigenvalue weighted by atomic mass is 19.1. The molecule has 1 heterocycles. The molecule has 0 aromatic heterocycles. The number of rotatable bonds is 4. The summed E-state index contributed by atoms with van der Waals surface area (Å²) < 4.78 is 23.4. The highest BCUT2D eigenvalue weighted by Gasteiger charge is 2.50. The molecule has 2 nitrogen and oxygen atoms in total. The summed E-state index contributed by atoms with van der Waals surface area (Å²) in [5.74, 6) is 0. The van der Waals surface area contributed by atoms with Crippen molar-refractivity contribution in [1.82, 2.24) is 0 Å². The van der Waals surface area contributed by atoms with Gasteiger partial charge in [0.1, 0.15) is 0 Å². The third-order valence-electron chi connectivity index (χ3n) is 3.13. The fourth-order valence-corrected chi connectivity index (χ4v) is 1.49. The molecule has 14 heavy (non-hydrogen) atoms. The summed E-state index contributed by atoms with van der Waals surface area (Å²) in [6.07, 6.45) is 2.22. The van der Waals surface area contributed by atoms with Crippen LogP contribution in [-0.4, -0.2) is 25.0 Å². The van der Waals surface area contributed by atoms with Crippen molar-refractivity contribution in [3.63, 3.8) is 0 Å². The molecule has 1 aliphatic heterocycles. The number of alkyl halides is 1. The molecule has 0 radical (unpaired) electrons. The molecule has 0 aromatic carbocycles. The van der Waals surface area contributed by atoms with Gasteiger partial charge in [-0.2, -0.15) is 0 Å². The summed E-state index contributed by atoms with van der Waals surface area (Å²) in [6, 6.07) is 0. The third-order valence-corrected chi connectivity index (χ3v) is 3.13. The fourth-order valence-electron chi connectivity index (χ4n) is 1.49. The number of hydrogen-bond donors (Lipinski definition) is 0. The first-order valence-electron chi connectivity index (χ1n) is 5.31. The van der Waals surface area contributed by atoms with Gasteiger partial charge in [-0.1, -0.05) is 6.42 Å². The van der Waals surface area contributed by atoms with E-state index >= 15 is 0 Å². The molecule has 0 saturated carbocycles. The quantitative estimate of drug-likeness (QED) is 0.515. The van der Waals surface area contributed by atoms with E-state index in [1.807, 2.05) is 27.7 Å².